The topological polar surface area (TPSA) is 57.6 Å². The van der Waals surface area contributed by atoms with Crippen LogP contribution in [0.2, 0.25) is 0 Å². The predicted molar refractivity (Wildman–Crippen MR) is 47.6 cm³/mol. The van der Waals surface area contributed by atoms with Crippen molar-refractivity contribution in [2.75, 3.05) is 13.1 Å². The molecule has 1 rings (SSSR count). The lowest BCUT2D eigenvalue weighted by Gasteiger charge is -2.23. The van der Waals surface area contributed by atoms with Gasteiger partial charge in [-0.05, 0) is 12.8 Å². The molecule has 0 aromatic heterocycles. The van der Waals surface area contributed by atoms with Crippen molar-refractivity contribution in [1.82, 2.24) is 4.90 Å². The van der Waals surface area contributed by atoms with Gasteiger partial charge in [0.2, 0.25) is 0 Å². The van der Waals surface area contributed by atoms with E-state index in [1.54, 1.807) is 6.92 Å². The molecule has 1 unspecified atom stereocenters. The fourth-order valence-corrected chi connectivity index (χ4v) is 1.84. The monoisotopic (exact) mass is 239 g/mol. The Balaban J connectivity index is 2.79. The first-order chi connectivity index (χ1) is 7.23. The smallest absolute Gasteiger partial charge is 0.471 e. The molecule has 1 saturated heterocycles. The van der Waals surface area contributed by atoms with Crippen molar-refractivity contribution in [1.29, 1.82) is 0 Å². The second-order valence-corrected chi connectivity index (χ2v) is 3.91. The van der Waals surface area contributed by atoms with Crippen LogP contribution in [0.15, 0.2) is 0 Å². The summed E-state index contributed by atoms with van der Waals surface area (Å²) in [7, 11) is 0. The van der Waals surface area contributed by atoms with Gasteiger partial charge >= 0.3 is 18.1 Å². The standard InChI is InChI=1S/C9H12F3NO3/c1-2-8(7(15)16)3-4-13(5-8)6(14)9(10,11)12/h2-5H2,1H3,(H,15,16). The van der Waals surface area contributed by atoms with Gasteiger partial charge in [-0.1, -0.05) is 6.92 Å². The van der Waals surface area contributed by atoms with Gasteiger partial charge in [0.25, 0.3) is 0 Å². The lowest BCUT2D eigenvalue weighted by Crippen LogP contribution is -2.42. The maximum absolute atomic E-state index is 12.1. The zero-order valence-electron chi connectivity index (χ0n) is 8.67. The molecule has 0 aromatic rings. The lowest BCUT2D eigenvalue weighted by atomic mass is 9.84. The Bertz CT molecular complexity index is 316. The molecule has 1 fully saturated rings. The molecule has 1 aliphatic rings. The SMILES string of the molecule is CCC1(C(=O)O)CCN(C(=O)C(F)(F)F)C1. The quantitative estimate of drug-likeness (QED) is 0.789. The predicted octanol–water partition coefficient (Wildman–Crippen LogP) is 1.26. The summed E-state index contributed by atoms with van der Waals surface area (Å²) in [6.07, 6.45) is -4.65. The van der Waals surface area contributed by atoms with E-state index in [-0.39, 0.29) is 25.9 Å². The van der Waals surface area contributed by atoms with Gasteiger partial charge in [-0.15, -0.1) is 0 Å². The number of carbonyl (C=O) groups is 2. The van der Waals surface area contributed by atoms with Gasteiger partial charge in [0.1, 0.15) is 0 Å². The molecule has 16 heavy (non-hydrogen) atoms. The average Bonchev–Trinajstić information content (AvgIpc) is 2.60. The second kappa shape index (κ2) is 3.95. The van der Waals surface area contributed by atoms with E-state index >= 15 is 0 Å². The van der Waals surface area contributed by atoms with Gasteiger partial charge in [0.05, 0.1) is 5.41 Å². The minimum Gasteiger partial charge on any atom is -0.481 e. The Kier molecular flexibility index (Phi) is 3.16. The molecule has 1 atom stereocenters. The van der Waals surface area contributed by atoms with Crippen molar-refractivity contribution < 1.29 is 27.9 Å². The van der Waals surface area contributed by atoms with Crippen LogP contribution < -0.4 is 0 Å². The Morgan fingerprint density at radius 1 is 1.44 bits per heavy atom. The van der Waals surface area contributed by atoms with E-state index in [0.717, 1.165) is 0 Å². The summed E-state index contributed by atoms with van der Waals surface area (Å²) in [5.41, 5.74) is -1.22. The largest absolute Gasteiger partial charge is 0.481 e. The first kappa shape index (κ1) is 12.8. The minimum absolute atomic E-state index is 0.0701. The third-order valence-electron chi connectivity index (χ3n) is 3.01. The van der Waals surface area contributed by atoms with Crippen LogP contribution in [-0.2, 0) is 9.59 Å². The number of rotatable bonds is 2. The molecule has 0 aromatic carbocycles. The number of hydrogen-bond donors (Lipinski definition) is 1. The van der Waals surface area contributed by atoms with E-state index in [2.05, 4.69) is 0 Å². The van der Waals surface area contributed by atoms with Gasteiger partial charge in [-0.2, -0.15) is 13.2 Å². The number of halogens is 3. The number of likely N-dealkylation sites (tertiary alicyclic amines) is 1. The molecule has 0 saturated carbocycles. The van der Waals surface area contributed by atoms with Crippen molar-refractivity contribution in [3.63, 3.8) is 0 Å². The molecule has 1 N–H and O–H groups in total. The number of hydrogen-bond acceptors (Lipinski definition) is 2. The Labute approximate surface area is 90.0 Å². The fraction of sp³-hybridized carbons (Fsp3) is 0.778. The highest BCUT2D eigenvalue weighted by molar-refractivity contribution is 5.84. The average molecular weight is 239 g/mol. The fourth-order valence-electron chi connectivity index (χ4n) is 1.84. The van der Waals surface area contributed by atoms with Gasteiger partial charge in [-0.3, -0.25) is 9.59 Å². The summed E-state index contributed by atoms with van der Waals surface area (Å²) in [5, 5.41) is 8.95. The molecule has 0 radical (unpaired) electrons. The lowest BCUT2D eigenvalue weighted by molar-refractivity contribution is -0.185. The van der Waals surface area contributed by atoms with Crippen molar-refractivity contribution in [3.05, 3.63) is 0 Å². The summed E-state index contributed by atoms with van der Waals surface area (Å²) >= 11 is 0. The third kappa shape index (κ3) is 2.12. The summed E-state index contributed by atoms with van der Waals surface area (Å²) in [6.45, 7) is 1.07. The number of nitrogens with zero attached hydrogens (tertiary/aromatic N) is 1. The molecule has 0 bridgehead atoms. The number of carboxylic acids is 1. The summed E-state index contributed by atoms with van der Waals surface area (Å²) in [6, 6.07) is 0. The van der Waals surface area contributed by atoms with E-state index in [1.807, 2.05) is 0 Å². The molecule has 0 spiro atoms. The maximum Gasteiger partial charge on any atom is 0.471 e. The van der Waals surface area contributed by atoms with E-state index in [0.29, 0.717) is 4.90 Å². The zero-order chi connectivity index (χ0) is 12.6. The van der Waals surface area contributed by atoms with E-state index in [4.69, 9.17) is 5.11 Å². The van der Waals surface area contributed by atoms with Gasteiger partial charge in [0, 0.05) is 13.1 Å². The van der Waals surface area contributed by atoms with E-state index in [9.17, 15) is 22.8 Å². The highest BCUT2D eigenvalue weighted by Crippen LogP contribution is 2.35. The molecular formula is C9H12F3NO3. The van der Waals surface area contributed by atoms with Crippen molar-refractivity contribution in [2.24, 2.45) is 5.41 Å². The third-order valence-corrected chi connectivity index (χ3v) is 3.01. The zero-order valence-corrected chi connectivity index (χ0v) is 8.67. The molecule has 1 amide bonds. The normalized spacial score (nSPS) is 25.9. The van der Waals surface area contributed by atoms with E-state index < -0.39 is 23.5 Å². The van der Waals surface area contributed by atoms with Crippen LogP contribution in [0.1, 0.15) is 19.8 Å². The highest BCUT2D eigenvalue weighted by Gasteiger charge is 2.50. The molecule has 1 aliphatic heterocycles. The summed E-state index contributed by atoms with van der Waals surface area (Å²) in [4.78, 5) is 22.4. The summed E-state index contributed by atoms with van der Waals surface area (Å²) < 4.78 is 36.4. The van der Waals surface area contributed by atoms with Crippen molar-refractivity contribution in [3.8, 4) is 0 Å². The molecule has 92 valence electrons. The molecule has 4 nitrogen and oxygen atoms in total. The number of aliphatic carboxylic acids is 1. The van der Waals surface area contributed by atoms with Crippen LogP contribution in [0.4, 0.5) is 13.2 Å². The second-order valence-electron chi connectivity index (χ2n) is 3.91. The van der Waals surface area contributed by atoms with Gasteiger partial charge in [-0.25, -0.2) is 0 Å². The molecule has 7 heteroatoms. The van der Waals surface area contributed by atoms with Gasteiger partial charge in [0.15, 0.2) is 0 Å². The first-order valence-corrected chi connectivity index (χ1v) is 4.82. The number of carbonyl (C=O) groups excluding carboxylic acids is 1. The van der Waals surface area contributed by atoms with Gasteiger partial charge < -0.3 is 10.0 Å². The van der Waals surface area contributed by atoms with Crippen LogP contribution in [0, 0.1) is 5.41 Å². The number of carboxylic acid groups (broad SMARTS) is 1. The van der Waals surface area contributed by atoms with Crippen LogP contribution in [0.25, 0.3) is 0 Å². The van der Waals surface area contributed by atoms with Crippen LogP contribution in [0.5, 0.6) is 0 Å². The van der Waals surface area contributed by atoms with Crippen LogP contribution >= 0.6 is 0 Å². The molecule has 0 aliphatic carbocycles. The van der Waals surface area contributed by atoms with Crippen LogP contribution in [0.3, 0.4) is 0 Å². The number of alkyl halides is 3. The van der Waals surface area contributed by atoms with Crippen molar-refractivity contribution in [2.45, 2.75) is 25.9 Å². The number of amides is 1. The first-order valence-electron chi connectivity index (χ1n) is 4.82. The molecular weight excluding hydrogens is 227 g/mol. The Morgan fingerprint density at radius 2 is 2.00 bits per heavy atom. The molecule has 1 heterocycles. The highest BCUT2D eigenvalue weighted by atomic mass is 19.4. The Morgan fingerprint density at radius 3 is 2.31 bits per heavy atom. The van der Waals surface area contributed by atoms with Crippen molar-refractivity contribution >= 4 is 11.9 Å². The minimum atomic E-state index is -4.93. The van der Waals surface area contributed by atoms with E-state index in [1.165, 1.54) is 0 Å². The van der Waals surface area contributed by atoms with Crippen LogP contribution in [-0.4, -0.2) is 41.1 Å². The Hall–Kier alpha value is -1.27. The maximum atomic E-state index is 12.1. The summed E-state index contributed by atoms with van der Waals surface area (Å²) in [5.74, 6) is -3.10.